The van der Waals surface area contributed by atoms with Crippen molar-refractivity contribution in [2.24, 2.45) is 0 Å². The minimum absolute atomic E-state index is 0.0764. The van der Waals surface area contributed by atoms with Crippen LogP contribution in [0.2, 0.25) is 5.02 Å². The number of nitrogens with zero attached hydrogens (tertiary/aromatic N) is 1. The zero-order valence-corrected chi connectivity index (χ0v) is 13.7. The van der Waals surface area contributed by atoms with Crippen LogP contribution in [0.3, 0.4) is 0 Å². The van der Waals surface area contributed by atoms with E-state index < -0.39 is 10.9 Å². The standard InChI is InChI=1S/C17H14ClNO5/c1-10-3-4-11(8-15(10)19(22)23)7-14(17(20)21)13-9-12(18)5-6-16(13)24-2/h3-9H,1-2H3,(H,20,21)/b14-7-. The number of carboxylic acids is 1. The Morgan fingerprint density at radius 3 is 2.58 bits per heavy atom. The van der Waals surface area contributed by atoms with Crippen LogP contribution in [0.1, 0.15) is 16.7 Å². The number of hydrogen-bond donors (Lipinski definition) is 1. The molecule has 0 amide bonds. The summed E-state index contributed by atoms with van der Waals surface area (Å²) >= 11 is 5.95. The molecule has 24 heavy (non-hydrogen) atoms. The molecule has 2 aromatic carbocycles. The van der Waals surface area contributed by atoms with Crippen LogP contribution in [0, 0.1) is 17.0 Å². The van der Waals surface area contributed by atoms with Gasteiger partial charge >= 0.3 is 5.97 Å². The lowest BCUT2D eigenvalue weighted by atomic mass is 10.0. The van der Waals surface area contributed by atoms with Gasteiger partial charge in [0.25, 0.3) is 5.69 Å². The fraction of sp³-hybridized carbons (Fsp3) is 0.118. The molecule has 0 atom stereocenters. The van der Waals surface area contributed by atoms with Crippen molar-refractivity contribution in [3.63, 3.8) is 0 Å². The number of methoxy groups -OCH3 is 1. The Morgan fingerprint density at radius 2 is 2.00 bits per heavy atom. The number of ether oxygens (including phenoxy) is 1. The average molecular weight is 348 g/mol. The Kier molecular flexibility index (Phi) is 5.21. The molecule has 0 aliphatic carbocycles. The van der Waals surface area contributed by atoms with Crippen LogP contribution < -0.4 is 4.74 Å². The van der Waals surface area contributed by atoms with Crippen molar-refractivity contribution in [3.05, 3.63) is 68.2 Å². The topological polar surface area (TPSA) is 89.7 Å². The molecular formula is C17H14ClNO5. The summed E-state index contributed by atoms with van der Waals surface area (Å²) in [5.41, 5.74) is 1.03. The largest absolute Gasteiger partial charge is 0.496 e. The number of rotatable bonds is 5. The molecule has 0 aliphatic rings. The van der Waals surface area contributed by atoms with E-state index in [-0.39, 0.29) is 11.3 Å². The molecule has 0 saturated heterocycles. The number of aryl methyl sites for hydroxylation is 1. The smallest absolute Gasteiger partial charge is 0.336 e. The Labute approximate surface area is 143 Å². The molecule has 2 aromatic rings. The van der Waals surface area contributed by atoms with Gasteiger partial charge in [0.2, 0.25) is 0 Å². The van der Waals surface area contributed by atoms with E-state index in [0.717, 1.165) is 0 Å². The van der Waals surface area contributed by atoms with Crippen LogP contribution in [0.4, 0.5) is 5.69 Å². The first kappa shape index (κ1) is 17.5. The molecule has 0 aromatic heterocycles. The summed E-state index contributed by atoms with van der Waals surface area (Å²) in [5, 5.41) is 20.9. The Morgan fingerprint density at radius 1 is 1.29 bits per heavy atom. The van der Waals surface area contributed by atoms with Gasteiger partial charge in [-0.2, -0.15) is 0 Å². The highest BCUT2D eigenvalue weighted by Crippen LogP contribution is 2.31. The van der Waals surface area contributed by atoms with Gasteiger partial charge in [0.15, 0.2) is 0 Å². The molecule has 0 radical (unpaired) electrons. The summed E-state index contributed by atoms with van der Waals surface area (Å²) in [5.74, 6) is -0.853. The normalized spacial score (nSPS) is 11.2. The summed E-state index contributed by atoms with van der Waals surface area (Å²) in [4.78, 5) is 22.2. The van der Waals surface area contributed by atoms with Crippen LogP contribution in [0.25, 0.3) is 11.6 Å². The van der Waals surface area contributed by atoms with Crippen molar-refractivity contribution in [2.45, 2.75) is 6.92 Å². The molecule has 0 unspecified atom stereocenters. The van der Waals surface area contributed by atoms with Crippen molar-refractivity contribution >= 4 is 34.9 Å². The second-order valence-electron chi connectivity index (χ2n) is 5.01. The van der Waals surface area contributed by atoms with Gasteiger partial charge in [0, 0.05) is 22.2 Å². The number of halogens is 1. The van der Waals surface area contributed by atoms with Gasteiger partial charge in [-0.25, -0.2) is 4.79 Å². The maximum Gasteiger partial charge on any atom is 0.336 e. The van der Waals surface area contributed by atoms with Gasteiger partial charge in [0.05, 0.1) is 17.6 Å². The Hall–Kier alpha value is -2.86. The Bertz CT molecular complexity index is 845. The predicted octanol–water partition coefficient (Wildman–Crippen LogP) is 4.19. The van der Waals surface area contributed by atoms with Gasteiger partial charge in [-0.1, -0.05) is 23.7 Å². The quantitative estimate of drug-likeness (QED) is 0.379. The van der Waals surface area contributed by atoms with Gasteiger partial charge in [-0.3, -0.25) is 10.1 Å². The van der Waals surface area contributed by atoms with E-state index in [1.54, 1.807) is 31.2 Å². The zero-order valence-electron chi connectivity index (χ0n) is 12.9. The van der Waals surface area contributed by atoms with E-state index in [9.17, 15) is 20.0 Å². The van der Waals surface area contributed by atoms with Crippen LogP contribution in [0.5, 0.6) is 5.75 Å². The van der Waals surface area contributed by atoms with E-state index in [0.29, 0.717) is 27.5 Å². The maximum atomic E-state index is 11.7. The van der Waals surface area contributed by atoms with E-state index in [1.807, 2.05) is 0 Å². The molecular weight excluding hydrogens is 334 g/mol. The average Bonchev–Trinajstić information content (AvgIpc) is 2.53. The number of hydrogen-bond acceptors (Lipinski definition) is 4. The van der Waals surface area contributed by atoms with Crippen molar-refractivity contribution < 1.29 is 19.6 Å². The van der Waals surface area contributed by atoms with E-state index >= 15 is 0 Å². The van der Waals surface area contributed by atoms with Crippen molar-refractivity contribution in [1.29, 1.82) is 0 Å². The number of nitro groups is 1. The fourth-order valence-electron chi connectivity index (χ4n) is 2.22. The van der Waals surface area contributed by atoms with Crippen molar-refractivity contribution in [1.82, 2.24) is 0 Å². The predicted molar refractivity (Wildman–Crippen MR) is 91.3 cm³/mol. The molecule has 0 bridgehead atoms. The maximum absolute atomic E-state index is 11.7. The third-order valence-electron chi connectivity index (χ3n) is 3.42. The minimum Gasteiger partial charge on any atom is -0.496 e. The SMILES string of the molecule is COc1ccc(Cl)cc1/C(=C/c1ccc(C)c([N+](=O)[O-])c1)C(=O)O. The highest BCUT2D eigenvalue weighted by molar-refractivity contribution is 6.31. The number of aliphatic carboxylic acids is 1. The second-order valence-corrected chi connectivity index (χ2v) is 5.45. The molecule has 7 heteroatoms. The highest BCUT2D eigenvalue weighted by Gasteiger charge is 2.17. The van der Waals surface area contributed by atoms with E-state index in [4.69, 9.17) is 16.3 Å². The number of nitro benzene ring substituents is 1. The summed E-state index contributed by atoms with van der Waals surface area (Å²) in [6.07, 6.45) is 1.35. The molecule has 0 spiro atoms. The second kappa shape index (κ2) is 7.14. The third kappa shape index (κ3) is 3.72. The molecule has 6 nitrogen and oxygen atoms in total. The van der Waals surface area contributed by atoms with Crippen molar-refractivity contribution in [3.8, 4) is 5.75 Å². The first-order chi connectivity index (χ1) is 11.3. The monoisotopic (exact) mass is 347 g/mol. The molecule has 0 saturated carbocycles. The van der Waals surface area contributed by atoms with Crippen molar-refractivity contribution in [2.75, 3.05) is 7.11 Å². The number of carbonyl (C=O) groups is 1. The van der Waals surface area contributed by atoms with Gasteiger partial charge in [0.1, 0.15) is 5.75 Å². The molecule has 0 fully saturated rings. The summed E-state index contributed by atoms with van der Waals surface area (Å²) in [6, 6.07) is 9.13. The van der Waals surface area contributed by atoms with Crippen LogP contribution >= 0.6 is 11.6 Å². The molecule has 0 aliphatic heterocycles. The van der Waals surface area contributed by atoms with Crippen LogP contribution in [-0.2, 0) is 4.79 Å². The number of carboxylic acid groups (broad SMARTS) is 1. The molecule has 124 valence electrons. The van der Waals surface area contributed by atoms with Gasteiger partial charge in [-0.15, -0.1) is 0 Å². The fourth-order valence-corrected chi connectivity index (χ4v) is 2.40. The molecule has 1 N–H and O–H groups in total. The molecule has 0 heterocycles. The van der Waals surface area contributed by atoms with E-state index in [1.165, 1.54) is 25.3 Å². The third-order valence-corrected chi connectivity index (χ3v) is 3.66. The zero-order chi connectivity index (χ0) is 17.9. The highest BCUT2D eigenvalue weighted by atomic mass is 35.5. The van der Waals surface area contributed by atoms with Crippen LogP contribution in [-0.4, -0.2) is 23.1 Å². The first-order valence-electron chi connectivity index (χ1n) is 6.87. The lowest BCUT2D eigenvalue weighted by molar-refractivity contribution is -0.385. The summed E-state index contributed by atoms with van der Waals surface area (Å²) in [6.45, 7) is 1.61. The Balaban J connectivity index is 2.63. The first-order valence-corrected chi connectivity index (χ1v) is 7.25. The lowest BCUT2D eigenvalue weighted by Gasteiger charge is -2.10. The lowest BCUT2D eigenvalue weighted by Crippen LogP contribution is -2.02. The van der Waals surface area contributed by atoms with E-state index in [2.05, 4.69) is 0 Å². The summed E-state index contributed by atoms with van der Waals surface area (Å²) in [7, 11) is 1.42. The summed E-state index contributed by atoms with van der Waals surface area (Å²) < 4.78 is 5.18. The molecule has 2 rings (SSSR count). The van der Waals surface area contributed by atoms with Crippen LogP contribution in [0.15, 0.2) is 36.4 Å². The number of benzene rings is 2. The van der Waals surface area contributed by atoms with Gasteiger partial charge < -0.3 is 9.84 Å². The minimum atomic E-state index is -1.20. The van der Waals surface area contributed by atoms with Gasteiger partial charge in [-0.05, 0) is 36.8 Å².